The third kappa shape index (κ3) is 20.8. The molecule has 0 aliphatic rings. The second kappa shape index (κ2) is 16.0. The van der Waals surface area contributed by atoms with E-state index < -0.39 is 0 Å². The molecule has 0 unspecified atom stereocenters. The van der Waals surface area contributed by atoms with Crippen molar-refractivity contribution in [3.8, 4) is 0 Å². The Balaban J connectivity index is -0.0000000200. The molecule has 0 fully saturated rings. The molecular formula is H7AlCaMgOSi. The van der Waals surface area contributed by atoms with Crippen molar-refractivity contribution in [3.05, 3.63) is 0 Å². The number of hydrogen-bond donors (Lipinski definition) is 0. The topological polar surface area (TPSA) is 17.1 Å². The van der Waals surface area contributed by atoms with Gasteiger partial charge in [-0.15, -0.1) is 0 Å². The first kappa shape index (κ1) is 15.6. The molecule has 5 heavy (non-hydrogen) atoms. The maximum absolute atomic E-state index is 9.08. The van der Waals surface area contributed by atoms with Crippen LogP contribution in [-0.2, 0) is 3.80 Å². The van der Waals surface area contributed by atoms with E-state index >= 15 is 0 Å². The first-order valence-electron chi connectivity index (χ1n) is 0.813. The third-order valence-corrected chi connectivity index (χ3v) is 0. The number of rotatable bonds is 0. The van der Waals surface area contributed by atoms with Crippen LogP contribution in [0.2, 0.25) is 0 Å². The number of hydrogen-bond acceptors (Lipinski definition) is 1. The van der Waals surface area contributed by atoms with Crippen molar-refractivity contribution in [2.75, 3.05) is 0 Å². The van der Waals surface area contributed by atoms with Crippen LogP contribution in [0.15, 0.2) is 0 Å². The summed E-state index contributed by atoms with van der Waals surface area (Å²) in [6.45, 7) is 0. The Morgan fingerprint density at radius 1 is 1.60 bits per heavy atom. The van der Waals surface area contributed by atoms with Crippen molar-refractivity contribution < 1.29 is 3.80 Å². The molecule has 0 aromatic heterocycles. The van der Waals surface area contributed by atoms with Gasteiger partial charge in [-0.05, 0) is 0 Å². The molecule has 0 saturated carbocycles. The normalized spacial score (nSPS) is 2.40. The van der Waals surface area contributed by atoms with E-state index in [1.54, 1.807) is 0 Å². The first-order chi connectivity index (χ1) is 1.41. The van der Waals surface area contributed by atoms with Crippen LogP contribution >= 0.6 is 0 Å². The van der Waals surface area contributed by atoms with Gasteiger partial charge in [-0.1, -0.05) is 0 Å². The van der Waals surface area contributed by atoms with Crippen molar-refractivity contribution in [2.45, 2.75) is 0 Å². The second-order valence-corrected chi connectivity index (χ2v) is 2.12. The van der Waals surface area contributed by atoms with E-state index in [-0.39, 0.29) is 75.3 Å². The molecule has 0 amide bonds. The maximum atomic E-state index is 9.08. The molecule has 1 nitrogen and oxygen atoms in total. The molecule has 0 aliphatic heterocycles. The minimum atomic E-state index is -0.361. The van der Waals surface area contributed by atoms with Crippen molar-refractivity contribution in [1.82, 2.24) is 0 Å². The average molecular weight is 143 g/mol. The summed E-state index contributed by atoms with van der Waals surface area (Å²) < 4.78 is 9.08. The Hall–Kier alpha value is 2.58. The second-order valence-electron chi connectivity index (χ2n) is 0.236. The predicted octanol–water partition coefficient (Wildman–Crippen LogP) is -3.52. The minimum absolute atomic E-state index is 0. The fourth-order valence-corrected chi connectivity index (χ4v) is 0. The summed E-state index contributed by atoms with van der Waals surface area (Å²) >= 11 is -0.361. The zero-order valence-electron chi connectivity index (χ0n) is 1.99. The van der Waals surface area contributed by atoms with E-state index in [2.05, 4.69) is 0 Å². The van der Waals surface area contributed by atoms with Crippen molar-refractivity contribution >= 4 is 84.1 Å². The Bertz CT molecular complexity index is 19.1. The van der Waals surface area contributed by atoms with Crippen LogP contribution in [0.5, 0.6) is 0 Å². The zero-order chi connectivity index (χ0) is 2.71. The van der Waals surface area contributed by atoms with Gasteiger partial charge in [0.25, 0.3) is 0 Å². The molecule has 0 atom stereocenters. The van der Waals surface area contributed by atoms with E-state index in [9.17, 15) is 0 Å². The van der Waals surface area contributed by atoms with E-state index in [1.165, 1.54) is 0 Å². The van der Waals surface area contributed by atoms with Crippen LogP contribution in [-0.4, -0.2) is 84.1 Å². The summed E-state index contributed by atoms with van der Waals surface area (Å²) in [4.78, 5) is 0. The van der Waals surface area contributed by atoms with Gasteiger partial charge in [-0.2, -0.15) is 0 Å². The van der Waals surface area contributed by atoms with Gasteiger partial charge in [0.15, 0.2) is 0 Å². The van der Waals surface area contributed by atoms with Gasteiger partial charge in [0, 0.05) is 0 Å². The van der Waals surface area contributed by atoms with Crippen LogP contribution in [0.25, 0.3) is 0 Å². The van der Waals surface area contributed by atoms with E-state index in [1.807, 2.05) is 0 Å². The Kier molecular flexibility index (Phi) is 50.0. The Labute approximate surface area is 86.2 Å². The quantitative estimate of drug-likeness (QED) is 0.321. The summed E-state index contributed by atoms with van der Waals surface area (Å²) in [5.41, 5.74) is 0. The van der Waals surface area contributed by atoms with Gasteiger partial charge in [-0.25, -0.2) is 0 Å². The fraction of sp³-hybridized carbons (Fsp3) is 0. The molecular weight excluding hydrogens is 135 g/mol. The van der Waals surface area contributed by atoms with Gasteiger partial charge < -0.3 is 0 Å². The van der Waals surface area contributed by atoms with E-state index in [4.69, 9.17) is 3.80 Å². The van der Waals surface area contributed by atoms with Gasteiger partial charge in [0.2, 0.25) is 0 Å². The molecule has 0 bridgehead atoms. The third-order valence-electron chi connectivity index (χ3n) is 0. The van der Waals surface area contributed by atoms with Crippen LogP contribution in [0, 0.1) is 0 Å². The molecule has 0 aromatic rings. The molecule has 0 aromatic carbocycles. The van der Waals surface area contributed by atoms with Gasteiger partial charge in [0.1, 0.15) is 0 Å². The molecule has 0 saturated heterocycles. The Morgan fingerprint density at radius 2 is 1.60 bits per heavy atom. The molecule has 0 spiro atoms. The van der Waals surface area contributed by atoms with E-state index in [0.29, 0.717) is 0 Å². The summed E-state index contributed by atoms with van der Waals surface area (Å²) in [6, 6.07) is 0. The monoisotopic (exact) mass is 142 g/mol. The fourth-order valence-electron chi connectivity index (χ4n) is 0. The summed E-state index contributed by atoms with van der Waals surface area (Å²) in [5, 5.41) is 0. The van der Waals surface area contributed by atoms with Crippen LogP contribution < -0.4 is 0 Å². The van der Waals surface area contributed by atoms with Crippen LogP contribution in [0.1, 0.15) is 0 Å². The van der Waals surface area contributed by atoms with Gasteiger partial charge in [-0.3, -0.25) is 0 Å². The molecule has 0 radical (unpaired) electrons. The standard InChI is InChI=1S/Al.Ca.Mg.O.H3Si.4H/h;;;;1H3;;;;. The van der Waals surface area contributed by atoms with Crippen LogP contribution in [0.4, 0.5) is 0 Å². The SMILES string of the molecule is [CaH2].[MgH2].[O]=[Al][SiH3]. The van der Waals surface area contributed by atoms with Crippen LogP contribution in [0.3, 0.4) is 0 Å². The summed E-state index contributed by atoms with van der Waals surface area (Å²) in [6.07, 6.45) is 0. The van der Waals surface area contributed by atoms with Crippen molar-refractivity contribution in [2.24, 2.45) is 0 Å². The van der Waals surface area contributed by atoms with Crippen molar-refractivity contribution in [1.29, 1.82) is 0 Å². The average Bonchev–Trinajstić information content (AvgIpc) is 0.918. The van der Waals surface area contributed by atoms with Gasteiger partial charge >= 0.3 is 87.9 Å². The molecule has 5 heteroatoms. The van der Waals surface area contributed by atoms with Crippen molar-refractivity contribution in [3.63, 3.8) is 0 Å². The zero-order valence-corrected chi connectivity index (χ0v) is 5.14. The predicted molar refractivity (Wildman–Crippen MR) is 33.5 cm³/mol. The summed E-state index contributed by atoms with van der Waals surface area (Å²) in [5.74, 6) is 0. The Morgan fingerprint density at radius 3 is 1.60 bits per heavy atom. The van der Waals surface area contributed by atoms with E-state index in [0.717, 1.165) is 8.80 Å². The molecule has 24 valence electrons. The molecule has 0 aliphatic carbocycles. The molecule has 0 rings (SSSR count). The molecule has 0 heterocycles. The van der Waals surface area contributed by atoms with Gasteiger partial charge in [0.05, 0.1) is 0 Å². The first-order valence-corrected chi connectivity index (χ1v) is 5.90. The molecule has 0 N–H and O–H groups in total. The summed E-state index contributed by atoms with van der Waals surface area (Å²) in [7, 11) is 0.897.